The van der Waals surface area contributed by atoms with Crippen LogP contribution in [0.4, 0.5) is 5.69 Å². The summed E-state index contributed by atoms with van der Waals surface area (Å²) in [5.74, 6) is -1.03. The lowest BCUT2D eigenvalue weighted by Gasteiger charge is -2.30. The van der Waals surface area contributed by atoms with E-state index in [0.29, 0.717) is 25.9 Å². The molecule has 0 atom stereocenters. The Labute approximate surface area is 125 Å². The van der Waals surface area contributed by atoms with Crippen molar-refractivity contribution in [3.63, 3.8) is 0 Å². The summed E-state index contributed by atoms with van der Waals surface area (Å²) < 4.78 is 0. The Hall–Kier alpha value is -2.04. The molecule has 1 aromatic carbocycles. The minimum atomic E-state index is -0.754. The molecule has 0 radical (unpaired) electrons. The van der Waals surface area contributed by atoms with Crippen molar-refractivity contribution in [2.45, 2.75) is 26.7 Å². The fraction of sp³-hybridized carbons (Fsp3) is 0.500. The number of nitrogens with one attached hydrogen (secondary N) is 1. The highest BCUT2D eigenvalue weighted by atomic mass is 16.4. The molecule has 114 valence electrons. The molecule has 2 rings (SSSR count). The Morgan fingerprint density at radius 2 is 1.81 bits per heavy atom. The van der Waals surface area contributed by atoms with Crippen LogP contribution in [0, 0.1) is 19.8 Å². The number of amides is 1. The fourth-order valence-corrected chi connectivity index (χ4v) is 2.74. The molecule has 1 aliphatic rings. The van der Waals surface area contributed by atoms with Crippen LogP contribution in [0.25, 0.3) is 0 Å². The molecule has 1 amide bonds. The number of aryl methyl sites for hydroxylation is 2. The predicted octanol–water partition coefficient (Wildman–Crippen LogP) is 2.04. The molecule has 1 aromatic rings. The number of benzene rings is 1. The third kappa shape index (κ3) is 3.74. The number of likely N-dealkylation sites (tertiary alicyclic amines) is 1. The molecule has 21 heavy (non-hydrogen) atoms. The summed E-state index contributed by atoms with van der Waals surface area (Å²) in [6, 6.07) is 6.02. The standard InChI is InChI=1S/C16H22N2O3/c1-11-4-3-5-12(2)15(11)17-10-14(19)18-8-6-13(7-9-18)16(20)21/h3-5,13,17H,6-10H2,1-2H3,(H,20,21). The third-order valence-electron chi connectivity index (χ3n) is 4.09. The molecule has 0 aromatic heterocycles. The van der Waals surface area contributed by atoms with Crippen molar-refractivity contribution in [1.29, 1.82) is 0 Å². The van der Waals surface area contributed by atoms with E-state index in [1.54, 1.807) is 4.90 Å². The molecule has 1 heterocycles. The van der Waals surface area contributed by atoms with Crippen molar-refractivity contribution >= 4 is 17.6 Å². The van der Waals surface area contributed by atoms with E-state index in [1.807, 2.05) is 32.0 Å². The van der Waals surface area contributed by atoms with Gasteiger partial charge in [0.2, 0.25) is 5.91 Å². The topological polar surface area (TPSA) is 69.6 Å². The van der Waals surface area contributed by atoms with E-state index in [2.05, 4.69) is 5.32 Å². The van der Waals surface area contributed by atoms with Crippen molar-refractivity contribution in [3.8, 4) is 0 Å². The molecule has 1 aliphatic heterocycles. The van der Waals surface area contributed by atoms with Crippen molar-refractivity contribution in [2.75, 3.05) is 25.0 Å². The minimum absolute atomic E-state index is 0.0292. The van der Waals surface area contributed by atoms with Crippen LogP contribution in [0.1, 0.15) is 24.0 Å². The van der Waals surface area contributed by atoms with Crippen LogP contribution in [-0.4, -0.2) is 41.5 Å². The molecule has 0 bridgehead atoms. The first-order chi connectivity index (χ1) is 9.99. The number of carboxylic acid groups (broad SMARTS) is 1. The summed E-state index contributed by atoms with van der Waals surface area (Å²) in [5, 5.41) is 12.2. The first kappa shape index (κ1) is 15.4. The van der Waals surface area contributed by atoms with Crippen LogP contribution < -0.4 is 5.32 Å². The molecule has 5 heteroatoms. The van der Waals surface area contributed by atoms with Gasteiger partial charge < -0.3 is 15.3 Å². The van der Waals surface area contributed by atoms with Gasteiger partial charge in [-0.15, -0.1) is 0 Å². The average molecular weight is 290 g/mol. The van der Waals surface area contributed by atoms with Gasteiger partial charge in [0.1, 0.15) is 0 Å². The Kier molecular flexibility index (Phi) is 4.83. The SMILES string of the molecule is Cc1cccc(C)c1NCC(=O)N1CCC(C(=O)O)CC1. The molecular weight excluding hydrogens is 268 g/mol. The van der Waals surface area contributed by atoms with E-state index in [-0.39, 0.29) is 18.4 Å². The van der Waals surface area contributed by atoms with Gasteiger partial charge in [-0.3, -0.25) is 9.59 Å². The van der Waals surface area contributed by atoms with E-state index in [9.17, 15) is 9.59 Å². The maximum absolute atomic E-state index is 12.2. The zero-order valence-corrected chi connectivity index (χ0v) is 12.6. The second-order valence-corrected chi connectivity index (χ2v) is 5.61. The number of rotatable bonds is 4. The number of anilines is 1. The predicted molar refractivity (Wildman–Crippen MR) is 81.3 cm³/mol. The average Bonchev–Trinajstić information content (AvgIpc) is 2.46. The molecule has 0 spiro atoms. The van der Waals surface area contributed by atoms with E-state index in [1.165, 1.54) is 0 Å². The summed E-state index contributed by atoms with van der Waals surface area (Å²) in [6.07, 6.45) is 1.09. The maximum Gasteiger partial charge on any atom is 0.306 e. The number of piperidine rings is 1. The summed E-state index contributed by atoms with van der Waals surface area (Å²) >= 11 is 0. The molecule has 0 saturated carbocycles. The minimum Gasteiger partial charge on any atom is -0.481 e. The number of aliphatic carboxylic acids is 1. The van der Waals surface area contributed by atoms with Gasteiger partial charge in [0, 0.05) is 18.8 Å². The lowest BCUT2D eigenvalue weighted by atomic mass is 9.97. The van der Waals surface area contributed by atoms with Gasteiger partial charge in [-0.1, -0.05) is 18.2 Å². The van der Waals surface area contributed by atoms with E-state index >= 15 is 0 Å². The summed E-state index contributed by atoms with van der Waals surface area (Å²) in [5.41, 5.74) is 3.24. The zero-order chi connectivity index (χ0) is 15.4. The normalized spacial score (nSPS) is 15.8. The second-order valence-electron chi connectivity index (χ2n) is 5.61. The Bertz CT molecular complexity index is 514. The van der Waals surface area contributed by atoms with Gasteiger partial charge in [-0.2, -0.15) is 0 Å². The first-order valence-corrected chi connectivity index (χ1v) is 7.29. The molecule has 5 nitrogen and oxygen atoms in total. The number of carbonyl (C=O) groups is 2. The molecule has 2 N–H and O–H groups in total. The van der Waals surface area contributed by atoms with Gasteiger partial charge in [0.15, 0.2) is 0 Å². The summed E-state index contributed by atoms with van der Waals surface area (Å²) in [6.45, 7) is 5.34. The van der Waals surface area contributed by atoms with E-state index < -0.39 is 5.97 Å². The number of carbonyl (C=O) groups excluding carboxylic acids is 1. The van der Waals surface area contributed by atoms with Gasteiger partial charge in [-0.05, 0) is 37.8 Å². The molecule has 1 fully saturated rings. The highest BCUT2D eigenvalue weighted by Crippen LogP contribution is 2.20. The Morgan fingerprint density at radius 1 is 1.24 bits per heavy atom. The number of hydrogen-bond acceptors (Lipinski definition) is 3. The highest BCUT2D eigenvalue weighted by molar-refractivity contribution is 5.82. The Morgan fingerprint density at radius 3 is 2.33 bits per heavy atom. The van der Waals surface area contributed by atoms with Gasteiger partial charge in [0.25, 0.3) is 0 Å². The van der Waals surface area contributed by atoms with Crippen LogP contribution in [0.15, 0.2) is 18.2 Å². The van der Waals surface area contributed by atoms with Crippen molar-refractivity contribution in [1.82, 2.24) is 4.90 Å². The van der Waals surface area contributed by atoms with Crippen molar-refractivity contribution in [3.05, 3.63) is 29.3 Å². The summed E-state index contributed by atoms with van der Waals surface area (Å²) in [7, 11) is 0. The quantitative estimate of drug-likeness (QED) is 0.890. The van der Waals surface area contributed by atoms with Crippen LogP contribution in [0.2, 0.25) is 0 Å². The lowest BCUT2D eigenvalue weighted by molar-refractivity contribution is -0.145. The van der Waals surface area contributed by atoms with Gasteiger partial charge in [-0.25, -0.2) is 0 Å². The smallest absolute Gasteiger partial charge is 0.306 e. The second kappa shape index (κ2) is 6.61. The zero-order valence-electron chi connectivity index (χ0n) is 12.6. The number of hydrogen-bond donors (Lipinski definition) is 2. The molecule has 1 saturated heterocycles. The van der Waals surface area contributed by atoms with Gasteiger partial charge in [0.05, 0.1) is 12.5 Å². The molecular formula is C16H22N2O3. The number of para-hydroxylation sites is 1. The number of carboxylic acids is 1. The third-order valence-corrected chi connectivity index (χ3v) is 4.09. The monoisotopic (exact) mass is 290 g/mol. The van der Waals surface area contributed by atoms with Crippen LogP contribution in [0.3, 0.4) is 0 Å². The van der Waals surface area contributed by atoms with E-state index in [4.69, 9.17) is 5.11 Å². The summed E-state index contributed by atoms with van der Waals surface area (Å²) in [4.78, 5) is 24.8. The van der Waals surface area contributed by atoms with Crippen molar-refractivity contribution in [2.24, 2.45) is 5.92 Å². The largest absolute Gasteiger partial charge is 0.481 e. The molecule has 0 unspecified atom stereocenters. The lowest BCUT2D eigenvalue weighted by Crippen LogP contribution is -2.42. The fourth-order valence-electron chi connectivity index (χ4n) is 2.74. The number of nitrogens with zero attached hydrogens (tertiary/aromatic N) is 1. The first-order valence-electron chi connectivity index (χ1n) is 7.29. The maximum atomic E-state index is 12.2. The van der Waals surface area contributed by atoms with Crippen molar-refractivity contribution < 1.29 is 14.7 Å². The Balaban J connectivity index is 1.87. The van der Waals surface area contributed by atoms with Gasteiger partial charge >= 0.3 is 5.97 Å². The highest BCUT2D eigenvalue weighted by Gasteiger charge is 2.26. The van der Waals surface area contributed by atoms with Crippen LogP contribution in [0.5, 0.6) is 0 Å². The van der Waals surface area contributed by atoms with Crippen LogP contribution >= 0.6 is 0 Å². The van der Waals surface area contributed by atoms with E-state index in [0.717, 1.165) is 16.8 Å². The van der Waals surface area contributed by atoms with Crippen LogP contribution in [-0.2, 0) is 9.59 Å². The molecule has 0 aliphatic carbocycles.